The Bertz CT molecular complexity index is 264. The van der Waals surface area contributed by atoms with E-state index in [4.69, 9.17) is 4.74 Å². The molecule has 0 radical (unpaired) electrons. The first kappa shape index (κ1) is 12.2. The fourth-order valence-corrected chi connectivity index (χ4v) is 1.41. The van der Waals surface area contributed by atoms with Gasteiger partial charge in [-0.3, -0.25) is 0 Å². The standard InChI is InChI=1S/C12H19NO2/c1-13(8-9-15-2)10-12(14)11-6-4-3-5-7-11/h3-7,12,14H,8-10H2,1-2H3. The van der Waals surface area contributed by atoms with Gasteiger partial charge < -0.3 is 14.7 Å². The molecule has 1 N–H and O–H groups in total. The third kappa shape index (κ3) is 4.42. The van der Waals surface area contributed by atoms with E-state index >= 15 is 0 Å². The fourth-order valence-electron chi connectivity index (χ4n) is 1.41. The first-order valence-corrected chi connectivity index (χ1v) is 5.14. The summed E-state index contributed by atoms with van der Waals surface area (Å²) in [6, 6.07) is 9.70. The second-order valence-corrected chi connectivity index (χ2v) is 3.68. The van der Waals surface area contributed by atoms with Crippen LogP contribution in [0.3, 0.4) is 0 Å². The Morgan fingerprint density at radius 3 is 2.60 bits per heavy atom. The molecular formula is C12H19NO2. The van der Waals surface area contributed by atoms with Crippen LogP contribution in [0.25, 0.3) is 0 Å². The van der Waals surface area contributed by atoms with Crippen LogP contribution in [0.4, 0.5) is 0 Å². The van der Waals surface area contributed by atoms with E-state index in [1.165, 1.54) is 0 Å². The quantitative estimate of drug-likeness (QED) is 0.766. The molecule has 84 valence electrons. The summed E-state index contributed by atoms with van der Waals surface area (Å²) >= 11 is 0. The number of aliphatic hydroxyl groups is 1. The lowest BCUT2D eigenvalue weighted by Crippen LogP contribution is -2.27. The highest BCUT2D eigenvalue weighted by molar-refractivity contribution is 5.17. The van der Waals surface area contributed by atoms with Crippen LogP contribution in [-0.4, -0.2) is 43.9 Å². The van der Waals surface area contributed by atoms with Gasteiger partial charge in [-0.25, -0.2) is 0 Å². The minimum Gasteiger partial charge on any atom is -0.387 e. The molecule has 0 saturated heterocycles. The number of likely N-dealkylation sites (N-methyl/N-ethyl adjacent to an activating group) is 1. The maximum atomic E-state index is 9.91. The lowest BCUT2D eigenvalue weighted by Gasteiger charge is -2.20. The molecule has 3 heteroatoms. The number of nitrogens with zero attached hydrogens (tertiary/aromatic N) is 1. The van der Waals surface area contributed by atoms with Crippen LogP contribution in [-0.2, 0) is 4.74 Å². The monoisotopic (exact) mass is 209 g/mol. The van der Waals surface area contributed by atoms with Crippen molar-refractivity contribution in [2.75, 3.05) is 33.9 Å². The van der Waals surface area contributed by atoms with Crippen molar-refractivity contribution in [2.24, 2.45) is 0 Å². The number of rotatable bonds is 6. The average Bonchev–Trinajstić information content (AvgIpc) is 2.27. The largest absolute Gasteiger partial charge is 0.387 e. The summed E-state index contributed by atoms with van der Waals surface area (Å²) in [5.41, 5.74) is 0.960. The van der Waals surface area contributed by atoms with E-state index in [1.54, 1.807) is 7.11 Å². The number of hydrogen-bond acceptors (Lipinski definition) is 3. The zero-order valence-electron chi connectivity index (χ0n) is 9.39. The Kier molecular flexibility index (Phi) is 5.32. The summed E-state index contributed by atoms with van der Waals surface area (Å²) < 4.78 is 4.98. The minimum absolute atomic E-state index is 0.423. The fraction of sp³-hybridized carbons (Fsp3) is 0.500. The van der Waals surface area contributed by atoms with E-state index < -0.39 is 6.10 Å². The van der Waals surface area contributed by atoms with Crippen molar-refractivity contribution in [3.8, 4) is 0 Å². The first-order chi connectivity index (χ1) is 7.24. The normalized spacial score (nSPS) is 13.1. The Morgan fingerprint density at radius 2 is 2.00 bits per heavy atom. The molecule has 1 atom stereocenters. The highest BCUT2D eigenvalue weighted by Crippen LogP contribution is 2.12. The summed E-state index contributed by atoms with van der Waals surface area (Å²) in [6.45, 7) is 2.16. The average molecular weight is 209 g/mol. The van der Waals surface area contributed by atoms with Crippen LogP contribution in [0.1, 0.15) is 11.7 Å². The van der Waals surface area contributed by atoms with E-state index in [-0.39, 0.29) is 0 Å². The Hall–Kier alpha value is -0.900. The summed E-state index contributed by atoms with van der Waals surface area (Å²) in [6.07, 6.45) is -0.423. The van der Waals surface area contributed by atoms with Crippen molar-refractivity contribution in [3.63, 3.8) is 0 Å². The lowest BCUT2D eigenvalue weighted by molar-refractivity contribution is 0.103. The number of methoxy groups -OCH3 is 1. The van der Waals surface area contributed by atoms with Crippen molar-refractivity contribution in [2.45, 2.75) is 6.10 Å². The summed E-state index contributed by atoms with van der Waals surface area (Å²) in [4.78, 5) is 2.06. The Labute approximate surface area is 91.3 Å². The van der Waals surface area contributed by atoms with Gasteiger partial charge in [-0.1, -0.05) is 30.3 Å². The van der Waals surface area contributed by atoms with Crippen LogP contribution in [0, 0.1) is 0 Å². The van der Waals surface area contributed by atoms with Crippen molar-refractivity contribution >= 4 is 0 Å². The highest BCUT2D eigenvalue weighted by Gasteiger charge is 2.09. The third-order valence-electron chi connectivity index (χ3n) is 2.35. The molecule has 0 saturated carbocycles. The highest BCUT2D eigenvalue weighted by atomic mass is 16.5. The second kappa shape index (κ2) is 6.56. The Morgan fingerprint density at radius 1 is 1.33 bits per heavy atom. The van der Waals surface area contributed by atoms with Crippen molar-refractivity contribution in [3.05, 3.63) is 35.9 Å². The zero-order valence-corrected chi connectivity index (χ0v) is 9.39. The summed E-state index contributed by atoms with van der Waals surface area (Å²) in [5.74, 6) is 0. The number of aliphatic hydroxyl groups excluding tert-OH is 1. The number of hydrogen-bond donors (Lipinski definition) is 1. The molecule has 0 bridgehead atoms. The van der Waals surface area contributed by atoms with Crippen LogP contribution >= 0.6 is 0 Å². The molecule has 0 spiro atoms. The topological polar surface area (TPSA) is 32.7 Å². The molecule has 3 nitrogen and oxygen atoms in total. The molecule has 1 rings (SSSR count). The van der Waals surface area contributed by atoms with E-state index in [2.05, 4.69) is 4.90 Å². The lowest BCUT2D eigenvalue weighted by atomic mass is 10.1. The summed E-state index contributed by atoms with van der Waals surface area (Å²) in [7, 11) is 3.66. The molecule has 0 aromatic heterocycles. The van der Waals surface area contributed by atoms with Gasteiger partial charge in [0.05, 0.1) is 12.7 Å². The van der Waals surface area contributed by atoms with Crippen molar-refractivity contribution in [1.29, 1.82) is 0 Å². The van der Waals surface area contributed by atoms with Crippen LogP contribution in [0.5, 0.6) is 0 Å². The van der Waals surface area contributed by atoms with Gasteiger partial charge in [-0.2, -0.15) is 0 Å². The molecule has 0 fully saturated rings. The molecule has 0 aliphatic rings. The Balaban J connectivity index is 2.38. The van der Waals surface area contributed by atoms with E-state index in [9.17, 15) is 5.11 Å². The molecule has 0 amide bonds. The van der Waals surface area contributed by atoms with Gasteiger partial charge in [0.15, 0.2) is 0 Å². The molecule has 1 aromatic carbocycles. The summed E-state index contributed by atoms with van der Waals surface area (Å²) in [5, 5.41) is 9.91. The molecular weight excluding hydrogens is 190 g/mol. The smallest absolute Gasteiger partial charge is 0.0916 e. The van der Waals surface area contributed by atoms with Crippen molar-refractivity contribution < 1.29 is 9.84 Å². The molecule has 1 aromatic rings. The van der Waals surface area contributed by atoms with Crippen LogP contribution in [0.2, 0.25) is 0 Å². The van der Waals surface area contributed by atoms with Crippen LogP contribution < -0.4 is 0 Å². The zero-order chi connectivity index (χ0) is 11.1. The minimum atomic E-state index is -0.423. The van der Waals surface area contributed by atoms with Gasteiger partial charge in [0.25, 0.3) is 0 Å². The SMILES string of the molecule is COCCN(C)CC(O)c1ccccc1. The molecule has 0 heterocycles. The van der Waals surface area contributed by atoms with Gasteiger partial charge in [0.2, 0.25) is 0 Å². The maximum absolute atomic E-state index is 9.91. The molecule has 15 heavy (non-hydrogen) atoms. The van der Waals surface area contributed by atoms with Gasteiger partial charge in [0.1, 0.15) is 0 Å². The van der Waals surface area contributed by atoms with E-state index in [0.29, 0.717) is 13.2 Å². The van der Waals surface area contributed by atoms with Gasteiger partial charge in [0, 0.05) is 20.2 Å². The molecule has 0 aliphatic carbocycles. The van der Waals surface area contributed by atoms with E-state index in [0.717, 1.165) is 12.1 Å². The maximum Gasteiger partial charge on any atom is 0.0916 e. The van der Waals surface area contributed by atoms with E-state index in [1.807, 2.05) is 37.4 Å². The van der Waals surface area contributed by atoms with Gasteiger partial charge in [-0.15, -0.1) is 0 Å². The van der Waals surface area contributed by atoms with Crippen LogP contribution in [0.15, 0.2) is 30.3 Å². The third-order valence-corrected chi connectivity index (χ3v) is 2.35. The molecule has 0 aliphatic heterocycles. The number of ether oxygens (including phenoxy) is 1. The predicted octanol–water partition coefficient (Wildman–Crippen LogP) is 1.30. The first-order valence-electron chi connectivity index (χ1n) is 5.14. The van der Waals surface area contributed by atoms with Gasteiger partial charge >= 0.3 is 0 Å². The second-order valence-electron chi connectivity index (χ2n) is 3.68. The van der Waals surface area contributed by atoms with Crippen molar-refractivity contribution in [1.82, 2.24) is 4.90 Å². The number of benzene rings is 1. The van der Waals surface area contributed by atoms with Gasteiger partial charge in [-0.05, 0) is 12.6 Å². The molecule has 1 unspecified atom stereocenters. The predicted molar refractivity (Wildman–Crippen MR) is 60.8 cm³/mol.